The van der Waals surface area contributed by atoms with Crippen LogP contribution in [0.25, 0.3) is 0 Å². The van der Waals surface area contributed by atoms with Gasteiger partial charge in [0.25, 0.3) is 0 Å². The SMILES string of the molecule is C=C[Si](OCC)(OCC)OCCCBr. The zero-order valence-corrected chi connectivity index (χ0v) is 11.5. The van der Waals surface area contributed by atoms with Crippen LogP contribution in [0.1, 0.15) is 20.3 Å². The third kappa shape index (κ3) is 5.26. The molecule has 5 heteroatoms. The largest absolute Gasteiger partial charge is 0.528 e. The molecule has 0 heterocycles. The Morgan fingerprint density at radius 2 is 1.79 bits per heavy atom. The second kappa shape index (κ2) is 8.61. The summed E-state index contributed by atoms with van der Waals surface area (Å²) in [4.78, 5) is 0. The minimum atomic E-state index is -2.56. The molecule has 0 saturated carbocycles. The van der Waals surface area contributed by atoms with Crippen LogP contribution in [0.15, 0.2) is 12.3 Å². The van der Waals surface area contributed by atoms with Gasteiger partial charge in [-0.15, -0.1) is 0 Å². The molecule has 0 spiro atoms. The van der Waals surface area contributed by atoms with E-state index in [9.17, 15) is 0 Å². The van der Waals surface area contributed by atoms with Crippen LogP contribution >= 0.6 is 15.9 Å². The van der Waals surface area contributed by atoms with Gasteiger partial charge in [0.2, 0.25) is 0 Å². The van der Waals surface area contributed by atoms with Crippen molar-refractivity contribution >= 4 is 24.7 Å². The maximum absolute atomic E-state index is 5.65. The summed E-state index contributed by atoms with van der Waals surface area (Å²) in [6.45, 7) is 9.40. The topological polar surface area (TPSA) is 27.7 Å². The van der Waals surface area contributed by atoms with E-state index in [-0.39, 0.29) is 0 Å². The maximum Gasteiger partial charge on any atom is 0.528 e. The van der Waals surface area contributed by atoms with Gasteiger partial charge >= 0.3 is 8.80 Å². The van der Waals surface area contributed by atoms with Crippen molar-refractivity contribution in [2.45, 2.75) is 20.3 Å². The fourth-order valence-electron chi connectivity index (χ4n) is 0.973. The molecular weight excluding hydrogens is 264 g/mol. The van der Waals surface area contributed by atoms with Crippen LogP contribution in [-0.4, -0.2) is 34.0 Å². The van der Waals surface area contributed by atoms with Crippen LogP contribution in [0.4, 0.5) is 0 Å². The molecule has 84 valence electrons. The molecule has 0 fully saturated rings. The zero-order chi connectivity index (χ0) is 10.9. The van der Waals surface area contributed by atoms with E-state index < -0.39 is 8.80 Å². The van der Waals surface area contributed by atoms with Crippen LogP contribution in [-0.2, 0) is 13.3 Å². The second-order valence-electron chi connectivity index (χ2n) is 2.56. The van der Waals surface area contributed by atoms with Crippen molar-refractivity contribution in [2.24, 2.45) is 0 Å². The molecule has 0 rings (SSSR count). The van der Waals surface area contributed by atoms with Crippen LogP contribution < -0.4 is 0 Å². The third-order valence-electron chi connectivity index (χ3n) is 1.52. The number of rotatable bonds is 9. The van der Waals surface area contributed by atoms with Crippen molar-refractivity contribution in [3.05, 3.63) is 12.3 Å². The average Bonchev–Trinajstić information content (AvgIpc) is 2.19. The Bertz CT molecular complexity index is 149. The number of hydrogen-bond donors (Lipinski definition) is 0. The first-order chi connectivity index (χ1) is 6.74. The highest BCUT2D eigenvalue weighted by Crippen LogP contribution is 2.11. The van der Waals surface area contributed by atoms with Gasteiger partial charge in [-0.1, -0.05) is 22.5 Å². The Hall–Kier alpha value is 0.317. The molecule has 0 aromatic rings. The predicted octanol–water partition coefficient (Wildman–Crippen LogP) is 2.53. The lowest BCUT2D eigenvalue weighted by atomic mass is 10.5. The minimum Gasteiger partial charge on any atom is -0.371 e. The van der Waals surface area contributed by atoms with E-state index >= 15 is 0 Å². The molecule has 0 aliphatic rings. The predicted molar refractivity (Wildman–Crippen MR) is 63.6 cm³/mol. The van der Waals surface area contributed by atoms with E-state index in [0.29, 0.717) is 19.8 Å². The van der Waals surface area contributed by atoms with Crippen molar-refractivity contribution < 1.29 is 13.3 Å². The molecular formula is C9H19BrO3Si. The van der Waals surface area contributed by atoms with Crippen molar-refractivity contribution in [1.29, 1.82) is 0 Å². The first-order valence-electron chi connectivity index (χ1n) is 4.86. The van der Waals surface area contributed by atoms with E-state index in [2.05, 4.69) is 22.5 Å². The summed E-state index contributed by atoms with van der Waals surface area (Å²) in [5.41, 5.74) is 1.69. The normalized spacial score (nSPS) is 11.6. The average molecular weight is 283 g/mol. The fraction of sp³-hybridized carbons (Fsp3) is 0.778. The molecule has 0 saturated heterocycles. The quantitative estimate of drug-likeness (QED) is 0.370. The highest BCUT2D eigenvalue weighted by atomic mass is 79.9. The molecule has 0 bridgehead atoms. The first kappa shape index (κ1) is 14.3. The minimum absolute atomic E-state index is 0.590. The summed E-state index contributed by atoms with van der Waals surface area (Å²) in [7, 11) is -2.56. The third-order valence-corrected chi connectivity index (χ3v) is 4.57. The summed E-state index contributed by atoms with van der Waals surface area (Å²) in [6, 6.07) is 0. The van der Waals surface area contributed by atoms with Gasteiger partial charge in [0, 0.05) is 25.2 Å². The molecule has 0 radical (unpaired) electrons. The van der Waals surface area contributed by atoms with E-state index in [0.717, 1.165) is 11.8 Å². The first-order valence-corrected chi connectivity index (χ1v) is 7.78. The number of halogens is 1. The van der Waals surface area contributed by atoms with Gasteiger partial charge < -0.3 is 13.3 Å². The van der Waals surface area contributed by atoms with Gasteiger partial charge in [-0.2, -0.15) is 0 Å². The molecule has 0 aromatic carbocycles. The van der Waals surface area contributed by atoms with E-state index in [1.807, 2.05) is 13.8 Å². The standard InChI is InChI=1S/C9H19BrO3Si/c1-4-11-14(6-3,12-5-2)13-9-7-8-10/h6H,3-5,7-9H2,1-2H3. The second-order valence-corrected chi connectivity index (χ2v) is 5.84. The van der Waals surface area contributed by atoms with Crippen molar-refractivity contribution in [2.75, 3.05) is 25.2 Å². The Balaban J connectivity index is 4.10. The summed E-state index contributed by atoms with van der Waals surface area (Å²) >= 11 is 3.34. The van der Waals surface area contributed by atoms with Crippen LogP contribution in [0, 0.1) is 0 Å². The molecule has 0 amide bonds. The van der Waals surface area contributed by atoms with Gasteiger partial charge in [0.15, 0.2) is 0 Å². The molecule has 0 unspecified atom stereocenters. The highest BCUT2D eigenvalue weighted by Gasteiger charge is 2.36. The van der Waals surface area contributed by atoms with Crippen LogP contribution in [0.2, 0.25) is 0 Å². The van der Waals surface area contributed by atoms with Crippen LogP contribution in [0.5, 0.6) is 0 Å². The van der Waals surface area contributed by atoms with Gasteiger partial charge in [0.1, 0.15) is 0 Å². The molecule has 0 aromatic heterocycles. The smallest absolute Gasteiger partial charge is 0.371 e. The van der Waals surface area contributed by atoms with Crippen LogP contribution in [0.3, 0.4) is 0 Å². The van der Waals surface area contributed by atoms with Gasteiger partial charge in [-0.25, -0.2) is 0 Å². The summed E-state index contributed by atoms with van der Waals surface area (Å²) in [6.07, 6.45) is 0.947. The molecule has 0 aliphatic carbocycles. The molecule has 14 heavy (non-hydrogen) atoms. The number of alkyl halides is 1. The van der Waals surface area contributed by atoms with Gasteiger partial charge in [-0.05, 0) is 26.0 Å². The van der Waals surface area contributed by atoms with Crippen molar-refractivity contribution in [3.63, 3.8) is 0 Å². The van der Waals surface area contributed by atoms with Gasteiger partial charge in [0.05, 0.1) is 0 Å². The van der Waals surface area contributed by atoms with E-state index in [1.165, 1.54) is 0 Å². The number of hydrogen-bond acceptors (Lipinski definition) is 3. The molecule has 0 aliphatic heterocycles. The van der Waals surface area contributed by atoms with E-state index in [4.69, 9.17) is 13.3 Å². The highest BCUT2D eigenvalue weighted by molar-refractivity contribution is 9.09. The molecule has 3 nitrogen and oxygen atoms in total. The lowest BCUT2D eigenvalue weighted by molar-refractivity contribution is 0.0803. The Morgan fingerprint density at radius 1 is 1.21 bits per heavy atom. The molecule has 0 atom stereocenters. The monoisotopic (exact) mass is 282 g/mol. The van der Waals surface area contributed by atoms with E-state index in [1.54, 1.807) is 5.70 Å². The Morgan fingerprint density at radius 3 is 2.14 bits per heavy atom. The summed E-state index contributed by atoms with van der Waals surface area (Å²) in [5.74, 6) is 0. The lowest BCUT2D eigenvalue weighted by Crippen LogP contribution is -2.44. The Labute approximate surface area is 95.9 Å². The van der Waals surface area contributed by atoms with Crippen molar-refractivity contribution in [3.8, 4) is 0 Å². The Kier molecular flexibility index (Phi) is 8.81. The molecule has 0 N–H and O–H groups in total. The zero-order valence-electron chi connectivity index (χ0n) is 8.92. The van der Waals surface area contributed by atoms with Gasteiger partial charge in [-0.3, -0.25) is 0 Å². The lowest BCUT2D eigenvalue weighted by Gasteiger charge is -2.25. The maximum atomic E-state index is 5.65. The summed E-state index contributed by atoms with van der Waals surface area (Å²) < 4.78 is 16.7. The van der Waals surface area contributed by atoms with Crippen molar-refractivity contribution in [1.82, 2.24) is 0 Å². The fourth-order valence-corrected chi connectivity index (χ4v) is 3.04. The summed E-state index contributed by atoms with van der Waals surface area (Å²) in [5, 5.41) is 0.923.